The van der Waals surface area contributed by atoms with Gasteiger partial charge in [-0.2, -0.15) is 0 Å². The van der Waals surface area contributed by atoms with Crippen LogP contribution in [0.5, 0.6) is 0 Å². The Morgan fingerprint density at radius 3 is 2.71 bits per heavy atom. The van der Waals surface area contributed by atoms with Crippen LogP contribution in [-0.2, 0) is 5.75 Å². The normalized spacial score (nSPS) is 10.5. The Hall–Kier alpha value is -0.940. The molecule has 0 fully saturated rings. The molecule has 0 N–H and O–H groups in total. The molecule has 0 radical (unpaired) electrons. The van der Waals surface area contributed by atoms with Gasteiger partial charge in [-0.05, 0) is 40.2 Å². The number of aromatic nitrogens is 1. The molecule has 0 aliphatic carbocycles. The second-order valence-corrected chi connectivity index (χ2v) is 5.13. The summed E-state index contributed by atoms with van der Waals surface area (Å²) in [6, 6.07) is 8.05. The molecule has 0 atom stereocenters. The number of benzene rings is 1. The minimum absolute atomic E-state index is 0.0648. The predicted molar refractivity (Wildman–Crippen MR) is 67.9 cm³/mol. The van der Waals surface area contributed by atoms with Crippen LogP contribution in [0.3, 0.4) is 0 Å². The summed E-state index contributed by atoms with van der Waals surface area (Å²) in [7, 11) is 0. The summed E-state index contributed by atoms with van der Waals surface area (Å²) in [6.07, 6.45) is 1.65. The van der Waals surface area contributed by atoms with Gasteiger partial charge in [-0.25, -0.2) is 13.8 Å². The monoisotopic (exact) mass is 315 g/mol. The van der Waals surface area contributed by atoms with Gasteiger partial charge in [0.15, 0.2) is 0 Å². The third-order valence-electron chi connectivity index (χ3n) is 2.14. The van der Waals surface area contributed by atoms with Crippen LogP contribution in [0.1, 0.15) is 5.56 Å². The van der Waals surface area contributed by atoms with Crippen LogP contribution in [0.4, 0.5) is 8.78 Å². The van der Waals surface area contributed by atoms with Gasteiger partial charge in [0.05, 0.1) is 9.50 Å². The fraction of sp³-hybridized carbons (Fsp3) is 0.0833. The first-order valence-corrected chi connectivity index (χ1v) is 6.62. The zero-order valence-corrected chi connectivity index (χ0v) is 11.1. The zero-order chi connectivity index (χ0) is 12.3. The lowest BCUT2D eigenvalue weighted by molar-refractivity contribution is 0.562. The predicted octanol–water partition coefficient (Wildman–Crippen LogP) is 4.41. The SMILES string of the molecule is Fc1ccc(Br)c(F)c1CSc1ccccn1. The van der Waals surface area contributed by atoms with Crippen molar-refractivity contribution in [3.05, 3.63) is 58.2 Å². The largest absolute Gasteiger partial charge is 0.250 e. The van der Waals surface area contributed by atoms with Crippen LogP contribution in [0.25, 0.3) is 0 Å². The molecule has 88 valence electrons. The molecule has 0 aliphatic heterocycles. The number of hydrogen-bond acceptors (Lipinski definition) is 2. The smallest absolute Gasteiger partial charge is 0.144 e. The molecule has 2 rings (SSSR count). The summed E-state index contributed by atoms with van der Waals surface area (Å²) in [4.78, 5) is 4.08. The Bertz CT molecular complexity index is 519. The van der Waals surface area contributed by atoms with Gasteiger partial charge >= 0.3 is 0 Å². The van der Waals surface area contributed by atoms with Crippen LogP contribution >= 0.6 is 27.7 Å². The second kappa shape index (κ2) is 5.60. The molecule has 17 heavy (non-hydrogen) atoms. The highest BCUT2D eigenvalue weighted by Crippen LogP contribution is 2.27. The molecule has 0 aliphatic rings. The first-order chi connectivity index (χ1) is 8.18. The number of pyridine rings is 1. The van der Waals surface area contributed by atoms with Crippen molar-refractivity contribution in [1.82, 2.24) is 4.98 Å². The van der Waals surface area contributed by atoms with E-state index in [1.54, 1.807) is 18.3 Å². The molecule has 0 unspecified atom stereocenters. The summed E-state index contributed by atoms with van der Waals surface area (Å²) in [5.41, 5.74) is 0.0648. The first-order valence-electron chi connectivity index (χ1n) is 4.84. The topological polar surface area (TPSA) is 12.9 Å². The van der Waals surface area contributed by atoms with Crippen LogP contribution in [-0.4, -0.2) is 4.98 Å². The fourth-order valence-corrected chi connectivity index (χ4v) is 2.52. The highest BCUT2D eigenvalue weighted by atomic mass is 79.9. The first kappa shape index (κ1) is 12.5. The Morgan fingerprint density at radius 2 is 2.00 bits per heavy atom. The van der Waals surface area contributed by atoms with Gasteiger partial charge < -0.3 is 0 Å². The second-order valence-electron chi connectivity index (χ2n) is 3.28. The molecule has 0 spiro atoms. The average molecular weight is 316 g/mol. The lowest BCUT2D eigenvalue weighted by Crippen LogP contribution is -1.94. The van der Waals surface area contributed by atoms with E-state index in [1.807, 2.05) is 6.07 Å². The van der Waals surface area contributed by atoms with Crippen LogP contribution in [0.2, 0.25) is 0 Å². The van der Waals surface area contributed by atoms with Crippen molar-refractivity contribution in [2.75, 3.05) is 0 Å². The lowest BCUT2D eigenvalue weighted by atomic mass is 10.2. The van der Waals surface area contributed by atoms with E-state index in [-0.39, 0.29) is 15.8 Å². The molecule has 0 bridgehead atoms. The van der Waals surface area contributed by atoms with Gasteiger partial charge in [-0.15, -0.1) is 11.8 Å². The average Bonchev–Trinajstić information content (AvgIpc) is 2.35. The van der Waals surface area contributed by atoms with Crippen molar-refractivity contribution in [2.45, 2.75) is 10.8 Å². The fourth-order valence-electron chi connectivity index (χ4n) is 1.28. The van der Waals surface area contributed by atoms with Gasteiger partial charge in [0, 0.05) is 17.5 Å². The van der Waals surface area contributed by atoms with Gasteiger partial charge in [0.25, 0.3) is 0 Å². The third kappa shape index (κ3) is 3.04. The minimum Gasteiger partial charge on any atom is -0.250 e. The standard InChI is InChI=1S/C12H8BrF2NS/c13-9-4-5-10(14)8(12(9)15)7-17-11-3-1-2-6-16-11/h1-6H,7H2. The Morgan fingerprint density at radius 1 is 1.18 bits per heavy atom. The maximum atomic E-state index is 13.6. The number of nitrogens with zero attached hydrogens (tertiary/aromatic N) is 1. The lowest BCUT2D eigenvalue weighted by Gasteiger charge is -2.05. The summed E-state index contributed by atoms with van der Waals surface area (Å²) < 4.78 is 27.4. The van der Waals surface area contributed by atoms with E-state index in [4.69, 9.17) is 0 Å². The van der Waals surface area contributed by atoms with E-state index in [0.717, 1.165) is 5.03 Å². The summed E-state index contributed by atoms with van der Waals surface area (Å²) in [5, 5.41) is 0.742. The number of thioether (sulfide) groups is 1. The van der Waals surface area contributed by atoms with E-state index in [9.17, 15) is 8.78 Å². The van der Waals surface area contributed by atoms with E-state index in [2.05, 4.69) is 20.9 Å². The molecule has 1 heterocycles. The molecule has 1 nitrogen and oxygen atoms in total. The molecule has 2 aromatic rings. The Kier molecular flexibility index (Phi) is 4.12. The summed E-state index contributed by atoms with van der Waals surface area (Å²) in [6.45, 7) is 0. The van der Waals surface area contributed by atoms with Crippen molar-refractivity contribution in [3.8, 4) is 0 Å². The molecule has 1 aromatic heterocycles. The van der Waals surface area contributed by atoms with Gasteiger partial charge in [0.2, 0.25) is 0 Å². The highest BCUT2D eigenvalue weighted by Gasteiger charge is 2.12. The third-order valence-corrected chi connectivity index (χ3v) is 3.72. The molecule has 1 aromatic carbocycles. The van der Waals surface area contributed by atoms with Crippen molar-refractivity contribution < 1.29 is 8.78 Å². The van der Waals surface area contributed by atoms with E-state index in [1.165, 1.54) is 23.9 Å². The van der Waals surface area contributed by atoms with E-state index < -0.39 is 11.6 Å². The molecular formula is C12H8BrF2NS. The Labute approximate surface area is 110 Å². The van der Waals surface area contributed by atoms with E-state index >= 15 is 0 Å². The molecular weight excluding hydrogens is 308 g/mol. The van der Waals surface area contributed by atoms with Crippen molar-refractivity contribution in [3.63, 3.8) is 0 Å². The van der Waals surface area contributed by atoms with Gasteiger partial charge in [-0.3, -0.25) is 0 Å². The van der Waals surface area contributed by atoms with E-state index in [0.29, 0.717) is 0 Å². The molecule has 5 heteroatoms. The molecule has 0 saturated carbocycles. The van der Waals surface area contributed by atoms with Crippen LogP contribution in [0.15, 0.2) is 46.0 Å². The number of halogens is 3. The minimum atomic E-state index is -0.548. The van der Waals surface area contributed by atoms with Crippen molar-refractivity contribution in [1.29, 1.82) is 0 Å². The summed E-state index contributed by atoms with van der Waals surface area (Å²) in [5.74, 6) is -0.865. The van der Waals surface area contributed by atoms with Gasteiger partial charge in [-0.1, -0.05) is 6.07 Å². The van der Waals surface area contributed by atoms with Crippen LogP contribution < -0.4 is 0 Å². The van der Waals surface area contributed by atoms with Gasteiger partial charge in [0.1, 0.15) is 11.6 Å². The maximum Gasteiger partial charge on any atom is 0.144 e. The van der Waals surface area contributed by atoms with Crippen molar-refractivity contribution in [2.24, 2.45) is 0 Å². The number of hydrogen-bond donors (Lipinski definition) is 0. The van der Waals surface area contributed by atoms with Crippen LogP contribution in [0, 0.1) is 11.6 Å². The van der Waals surface area contributed by atoms with Crippen molar-refractivity contribution >= 4 is 27.7 Å². The zero-order valence-electron chi connectivity index (χ0n) is 8.66. The number of rotatable bonds is 3. The Balaban J connectivity index is 2.17. The quantitative estimate of drug-likeness (QED) is 0.614. The highest BCUT2D eigenvalue weighted by molar-refractivity contribution is 9.10. The molecule has 0 saturated heterocycles. The maximum absolute atomic E-state index is 13.6. The molecule has 0 amide bonds. The summed E-state index contributed by atoms with van der Waals surface area (Å²) >= 11 is 4.34.